The number of aromatic nitrogens is 1. The second kappa shape index (κ2) is 9.32. The molecule has 156 valence electrons. The molecule has 0 aliphatic carbocycles. The molecule has 1 aliphatic heterocycles. The summed E-state index contributed by atoms with van der Waals surface area (Å²) in [5.74, 6) is 0. The number of nitrogens with zero attached hydrogens (tertiary/aromatic N) is 2. The normalized spacial score (nSPS) is 14.7. The fourth-order valence-electron chi connectivity index (χ4n) is 4.29. The summed E-state index contributed by atoms with van der Waals surface area (Å²) in [5, 5.41) is 3.50. The zero-order valence-corrected chi connectivity index (χ0v) is 19.7. The minimum Gasteiger partial charge on any atom is -0.364 e. The predicted octanol–water partition coefficient (Wildman–Crippen LogP) is 6.19. The van der Waals surface area contributed by atoms with Gasteiger partial charge in [0.05, 0.1) is 5.69 Å². The summed E-state index contributed by atoms with van der Waals surface area (Å²) in [6, 6.07) is 18.2. The number of aryl methyl sites for hydroxylation is 2. The minimum atomic E-state index is 0.549. The first-order valence-corrected chi connectivity index (χ1v) is 11.6. The molecule has 3 aromatic rings. The summed E-state index contributed by atoms with van der Waals surface area (Å²) in [4.78, 5) is 7.26. The van der Waals surface area contributed by atoms with Gasteiger partial charge in [-0.2, -0.15) is 0 Å². The molecule has 0 bridgehead atoms. The number of hydrogen-bond donors (Lipinski definition) is 1. The van der Waals surface area contributed by atoms with Gasteiger partial charge in [-0.05, 0) is 117 Å². The highest BCUT2D eigenvalue weighted by Crippen LogP contribution is 2.28. The number of rotatable bonds is 5. The van der Waals surface area contributed by atoms with Crippen molar-refractivity contribution in [1.82, 2.24) is 10.3 Å². The Morgan fingerprint density at radius 3 is 2.30 bits per heavy atom. The Kier molecular flexibility index (Phi) is 6.55. The molecule has 0 radical (unpaired) electrons. The average Bonchev–Trinajstić information content (AvgIpc) is 2.77. The molecule has 4 rings (SSSR count). The molecular weight excluding hydrogens is 434 g/mol. The van der Waals surface area contributed by atoms with Crippen LogP contribution >= 0.6 is 15.9 Å². The number of benzene rings is 2. The zero-order chi connectivity index (χ0) is 21.1. The third-order valence-electron chi connectivity index (χ3n) is 6.31. The highest BCUT2D eigenvalue weighted by atomic mass is 79.9. The maximum atomic E-state index is 4.69. The molecule has 2 aromatic carbocycles. The average molecular weight is 464 g/mol. The van der Waals surface area contributed by atoms with Gasteiger partial charge in [0.1, 0.15) is 0 Å². The van der Waals surface area contributed by atoms with Crippen LogP contribution in [0.15, 0.2) is 59.2 Å². The molecular formula is C26H30BrN3. The van der Waals surface area contributed by atoms with E-state index in [1.165, 1.54) is 46.3 Å². The molecule has 0 atom stereocenters. The van der Waals surface area contributed by atoms with Gasteiger partial charge in [0, 0.05) is 34.5 Å². The van der Waals surface area contributed by atoms with E-state index in [4.69, 9.17) is 4.98 Å². The van der Waals surface area contributed by atoms with Crippen molar-refractivity contribution in [3.8, 4) is 11.3 Å². The first-order chi connectivity index (χ1) is 14.5. The molecule has 1 saturated heterocycles. The maximum Gasteiger partial charge on any atom is 0.0705 e. The van der Waals surface area contributed by atoms with E-state index in [1.54, 1.807) is 0 Å². The van der Waals surface area contributed by atoms with Crippen molar-refractivity contribution in [2.45, 2.75) is 46.2 Å². The largest absolute Gasteiger partial charge is 0.364 e. The Labute approximate surface area is 188 Å². The van der Waals surface area contributed by atoms with Gasteiger partial charge < -0.3 is 10.2 Å². The smallest absolute Gasteiger partial charge is 0.0705 e. The second-order valence-corrected chi connectivity index (χ2v) is 9.29. The number of piperidine rings is 1. The Morgan fingerprint density at radius 1 is 0.967 bits per heavy atom. The van der Waals surface area contributed by atoms with Crippen LogP contribution in [-0.4, -0.2) is 24.1 Å². The van der Waals surface area contributed by atoms with E-state index in [9.17, 15) is 0 Å². The van der Waals surface area contributed by atoms with Crippen molar-refractivity contribution in [1.29, 1.82) is 0 Å². The summed E-state index contributed by atoms with van der Waals surface area (Å²) in [5.41, 5.74) is 8.85. The van der Waals surface area contributed by atoms with Gasteiger partial charge >= 0.3 is 0 Å². The van der Waals surface area contributed by atoms with Crippen molar-refractivity contribution >= 4 is 21.6 Å². The molecule has 0 spiro atoms. The number of pyridine rings is 1. The Morgan fingerprint density at radius 2 is 1.63 bits per heavy atom. The summed E-state index contributed by atoms with van der Waals surface area (Å²) in [7, 11) is 0. The van der Waals surface area contributed by atoms with Crippen LogP contribution in [0.5, 0.6) is 0 Å². The van der Waals surface area contributed by atoms with Gasteiger partial charge in [-0.25, -0.2) is 0 Å². The molecule has 1 fully saturated rings. The zero-order valence-electron chi connectivity index (χ0n) is 18.1. The number of anilines is 1. The molecule has 3 nitrogen and oxygen atoms in total. The molecule has 0 saturated carbocycles. The van der Waals surface area contributed by atoms with Crippen molar-refractivity contribution in [3.63, 3.8) is 0 Å². The number of hydrogen-bond acceptors (Lipinski definition) is 3. The van der Waals surface area contributed by atoms with Crippen LogP contribution in [-0.2, 0) is 6.54 Å². The number of nitrogens with one attached hydrogen (secondary N) is 1. The van der Waals surface area contributed by atoms with E-state index in [0.717, 1.165) is 29.8 Å². The minimum absolute atomic E-state index is 0.549. The van der Waals surface area contributed by atoms with Gasteiger partial charge in [-0.1, -0.05) is 15.9 Å². The first-order valence-electron chi connectivity index (χ1n) is 10.8. The quantitative estimate of drug-likeness (QED) is 0.488. The van der Waals surface area contributed by atoms with Gasteiger partial charge in [0.2, 0.25) is 0 Å². The van der Waals surface area contributed by atoms with E-state index >= 15 is 0 Å². The molecule has 2 heterocycles. The summed E-state index contributed by atoms with van der Waals surface area (Å²) in [6.07, 6.45) is 4.30. The maximum absolute atomic E-state index is 4.69. The molecule has 4 heteroatoms. The van der Waals surface area contributed by atoms with Gasteiger partial charge in [-0.3, -0.25) is 4.98 Å². The Hall–Kier alpha value is -2.17. The summed E-state index contributed by atoms with van der Waals surface area (Å²) >= 11 is 3.57. The lowest BCUT2D eigenvalue weighted by Crippen LogP contribution is -2.43. The van der Waals surface area contributed by atoms with E-state index in [1.807, 2.05) is 6.20 Å². The van der Waals surface area contributed by atoms with Crippen LogP contribution in [0, 0.1) is 20.8 Å². The van der Waals surface area contributed by atoms with Crippen LogP contribution in [0.25, 0.3) is 11.3 Å². The molecule has 1 aliphatic rings. The fourth-order valence-corrected chi connectivity index (χ4v) is 4.56. The van der Waals surface area contributed by atoms with Crippen molar-refractivity contribution in [2.75, 3.05) is 18.0 Å². The number of halogens is 1. The molecule has 1 aromatic heterocycles. The topological polar surface area (TPSA) is 28.2 Å². The Balaban J connectivity index is 1.65. The van der Waals surface area contributed by atoms with Crippen molar-refractivity contribution in [3.05, 3.63) is 81.5 Å². The highest BCUT2D eigenvalue weighted by Gasteiger charge is 2.22. The fraction of sp³-hybridized carbons (Fsp3) is 0.346. The summed E-state index contributed by atoms with van der Waals surface area (Å²) in [6.45, 7) is 9.62. The van der Waals surface area contributed by atoms with Crippen LogP contribution in [0.2, 0.25) is 0 Å². The third-order valence-corrected chi connectivity index (χ3v) is 6.84. The van der Waals surface area contributed by atoms with Crippen LogP contribution in [0.3, 0.4) is 0 Å². The van der Waals surface area contributed by atoms with E-state index < -0.39 is 0 Å². The second-order valence-electron chi connectivity index (χ2n) is 8.37. The SMILES string of the molecule is Cc1cc(-c2cc(CN(c3ccc(Br)cc3)C3CCNCC3)ccn2)cc(C)c1C. The first kappa shape index (κ1) is 21.1. The monoisotopic (exact) mass is 463 g/mol. The Bertz CT molecular complexity index is 984. The van der Waals surface area contributed by atoms with Crippen molar-refractivity contribution in [2.24, 2.45) is 0 Å². The molecule has 1 N–H and O–H groups in total. The molecule has 30 heavy (non-hydrogen) atoms. The predicted molar refractivity (Wildman–Crippen MR) is 130 cm³/mol. The highest BCUT2D eigenvalue weighted by molar-refractivity contribution is 9.10. The van der Waals surface area contributed by atoms with E-state index in [-0.39, 0.29) is 0 Å². The van der Waals surface area contributed by atoms with Crippen LogP contribution in [0.1, 0.15) is 35.1 Å². The lowest BCUT2D eigenvalue weighted by Gasteiger charge is -2.36. The molecule has 0 amide bonds. The van der Waals surface area contributed by atoms with E-state index in [0.29, 0.717) is 6.04 Å². The van der Waals surface area contributed by atoms with Crippen LogP contribution in [0.4, 0.5) is 5.69 Å². The third kappa shape index (κ3) is 4.76. The lowest BCUT2D eigenvalue weighted by molar-refractivity contribution is 0.428. The van der Waals surface area contributed by atoms with Crippen molar-refractivity contribution < 1.29 is 0 Å². The summed E-state index contributed by atoms with van der Waals surface area (Å²) < 4.78 is 1.12. The van der Waals surface area contributed by atoms with Gasteiger partial charge in [-0.15, -0.1) is 0 Å². The molecule has 0 unspecified atom stereocenters. The van der Waals surface area contributed by atoms with E-state index in [2.05, 4.69) is 95.4 Å². The standard InChI is InChI=1S/C26H30BrN3/c1-18-14-22(15-19(2)20(18)3)26-16-21(8-13-29-26)17-30(25-9-11-28-12-10-25)24-6-4-23(27)5-7-24/h4-8,13-16,25,28H,9-12,17H2,1-3H3. The van der Waals surface area contributed by atoms with Gasteiger partial charge in [0.15, 0.2) is 0 Å². The van der Waals surface area contributed by atoms with Crippen LogP contribution < -0.4 is 10.2 Å². The van der Waals surface area contributed by atoms with Gasteiger partial charge in [0.25, 0.3) is 0 Å². The lowest BCUT2D eigenvalue weighted by atomic mass is 9.98.